The molecule has 0 radical (unpaired) electrons. The van der Waals surface area contributed by atoms with Crippen molar-refractivity contribution in [3.8, 4) is 11.8 Å². The smallest absolute Gasteiger partial charge is 0.125 e. The third-order valence-corrected chi connectivity index (χ3v) is 3.49. The van der Waals surface area contributed by atoms with Gasteiger partial charge in [0.05, 0.1) is 18.6 Å². The zero-order chi connectivity index (χ0) is 11.5. The van der Waals surface area contributed by atoms with Gasteiger partial charge in [-0.05, 0) is 29.7 Å². The molecule has 2 nitrogen and oxygen atoms in total. The molecule has 1 aliphatic heterocycles. The molecule has 4 heteroatoms. The number of fused-ring (bicyclic) bond motifs is 1. The van der Waals surface area contributed by atoms with Crippen LogP contribution in [0.4, 0.5) is 0 Å². The van der Waals surface area contributed by atoms with Gasteiger partial charge in [0.2, 0.25) is 0 Å². The van der Waals surface area contributed by atoms with Gasteiger partial charge in [0, 0.05) is 16.8 Å². The summed E-state index contributed by atoms with van der Waals surface area (Å²) in [5, 5.41) is 8.92. The number of hydrogen-bond acceptors (Lipinski definition) is 2. The van der Waals surface area contributed by atoms with Crippen molar-refractivity contribution in [2.45, 2.75) is 12.8 Å². The lowest BCUT2D eigenvalue weighted by Gasteiger charge is -2.10. The van der Waals surface area contributed by atoms with Crippen molar-refractivity contribution in [1.29, 1.82) is 5.26 Å². The number of nitrogens with zero attached hydrogens (tertiary/aromatic N) is 1. The van der Waals surface area contributed by atoms with E-state index in [0.29, 0.717) is 12.3 Å². The molecule has 0 saturated carbocycles. The van der Waals surface area contributed by atoms with Crippen LogP contribution in [0.3, 0.4) is 0 Å². The first-order valence-electron chi connectivity index (χ1n) is 5.14. The van der Waals surface area contributed by atoms with Gasteiger partial charge in [-0.2, -0.15) is 5.26 Å². The lowest BCUT2D eigenvalue weighted by Crippen LogP contribution is -2.04. The van der Waals surface area contributed by atoms with E-state index < -0.39 is 0 Å². The lowest BCUT2D eigenvalue weighted by molar-refractivity contribution is 0.352. The Labute approximate surface area is 108 Å². The van der Waals surface area contributed by atoms with E-state index in [1.165, 1.54) is 5.56 Å². The van der Waals surface area contributed by atoms with Crippen LogP contribution in [-0.2, 0) is 12.8 Å². The van der Waals surface area contributed by atoms with E-state index in [0.717, 1.165) is 28.8 Å². The summed E-state index contributed by atoms with van der Waals surface area (Å²) in [5.74, 6) is 1.16. The molecule has 1 aromatic rings. The second kappa shape index (κ2) is 5.07. The minimum atomic E-state index is -0.149. The molecule has 0 fully saturated rings. The van der Waals surface area contributed by atoms with Crippen LogP contribution in [-0.4, -0.2) is 12.5 Å². The Morgan fingerprint density at radius 1 is 1.56 bits per heavy atom. The minimum absolute atomic E-state index is 0.149. The highest BCUT2D eigenvalue weighted by molar-refractivity contribution is 9.10. The summed E-state index contributed by atoms with van der Waals surface area (Å²) in [6.45, 7) is 0.733. The van der Waals surface area contributed by atoms with Gasteiger partial charge in [-0.1, -0.05) is 15.9 Å². The highest BCUT2D eigenvalue weighted by atomic mass is 79.9. The molecular formula is C12H11BrClNO. The molecule has 1 aromatic carbocycles. The van der Waals surface area contributed by atoms with E-state index in [9.17, 15) is 0 Å². The van der Waals surface area contributed by atoms with Gasteiger partial charge in [0.25, 0.3) is 0 Å². The van der Waals surface area contributed by atoms with Crippen LogP contribution < -0.4 is 4.74 Å². The molecule has 0 N–H and O–H groups in total. The predicted octanol–water partition coefficient (Wildman–Crippen LogP) is 3.31. The molecular weight excluding hydrogens is 289 g/mol. The number of benzene rings is 1. The van der Waals surface area contributed by atoms with E-state index >= 15 is 0 Å². The maximum atomic E-state index is 8.92. The Balaban J connectivity index is 2.31. The average molecular weight is 301 g/mol. The number of nitriles is 1. The van der Waals surface area contributed by atoms with Crippen LogP contribution in [0.1, 0.15) is 11.1 Å². The van der Waals surface area contributed by atoms with Crippen molar-refractivity contribution in [2.24, 2.45) is 5.92 Å². The van der Waals surface area contributed by atoms with Gasteiger partial charge in [-0.3, -0.25) is 0 Å². The number of halogens is 2. The fourth-order valence-electron chi connectivity index (χ4n) is 1.90. The van der Waals surface area contributed by atoms with Gasteiger partial charge >= 0.3 is 0 Å². The molecule has 0 bridgehead atoms. The summed E-state index contributed by atoms with van der Waals surface area (Å²) >= 11 is 9.21. The Bertz CT molecular complexity index is 441. The maximum absolute atomic E-state index is 8.92. The normalized spacial score (nSPS) is 15.1. The Hall–Kier alpha value is -0.720. The summed E-state index contributed by atoms with van der Waals surface area (Å²) in [5.41, 5.74) is 2.30. The largest absolute Gasteiger partial charge is 0.493 e. The fraction of sp³-hybridized carbons (Fsp3) is 0.417. The van der Waals surface area contributed by atoms with Crippen LogP contribution in [0.2, 0.25) is 0 Å². The molecule has 0 aromatic heterocycles. The molecule has 0 saturated heterocycles. The van der Waals surface area contributed by atoms with Crippen LogP contribution in [0, 0.1) is 17.2 Å². The van der Waals surface area contributed by atoms with E-state index in [1.807, 2.05) is 6.07 Å². The summed E-state index contributed by atoms with van der Waals surface area (Å²) in [6.07, 6.45) is 1.60. The molecule has 1 aliphatic rings. The number of rotatable bonds is 3. The molecule has 16 heavy (non-hydrogen) atoms. The molecule has 1 unspecified atom stereocenters. The van der Waals surface area contributed by atoms with Crippen LogP contribution in [0.5, 0.6) is 5.75 Å². The first-order valence-corrected chi connectivity index (χ1v) is 6.47. The molecule has 0 aliphatic carbocycles. The second-order valence-electron chi connectivity index (χ2n) is 3.84. The highest BCUT2D eigenvalue weighted by Gasteiger charge is 2.19. The average Bonchev–Trinajstić information content (AvgIpc) is 2.73. The summed E-state index contributed by atoms with van der Waals surface area (Å²) < 4.78 is 6.64. The van der Waals surface area contributed by atoms with Gasteiger partial charge < -0.3 is 4.74 Å². The summed E-state index contributed by atoms with van der Waals surface area (Å²) in [6, 6.07) is 6.30. The number of hydrogen-bond donors (Lipinski definition) is 0. The van der Waals surface area contributed by atoms with Gasteiger partial charge in [0.1, 0.15) is 5.75 Å². The number of ether oxygens (including phenoxy) is 1. The van der Waals surface area contributed by atoms with Crippen LogP contribution in [0.15, 0.2) is 16.6 Å². The van der Waals surface area contributed by atoms with Crippen molar-refractivity contribution in [3.05, 3.63) is 27.7 Å². The van der Waals surface area contributed by atoms with Gasteiger partial charge in [-0.25, -0.2) is 0 Å². The zero-order valence-corrected chi connectivity index (χ0v) is 11.0. The van der Waals surface area contributed by atoms with Gasteiger partial charge in [0.15, 0.2) is 0 Å². The van der Waals surface area contributed by atoms with E-state index in [2.05, 4.69) is 28.1 Å². The van der Waals surface area contributed by atoms with Crippen LogP contribution in [0.25, 0.3) is 0 Å². The standard InChI is InChI=1S/C12H11BrClNO/c13-11-4-9-1-2-16-12(9)10(5-11)3-8(6-14)7-15/h4-5,8H,1-3,6H2. The topological polar surface area (TPSA) is 33.0 Å². The predicted molar refractivity (Wildman–Crippen MR) is 66.9 cm³/mol. The second-order valence-corrected chi connectivity index (χ2v) is 5.06. The molecule has 84 valence electrons. The third kappa shape index (κ3) is 2.34. The molecule has 2 rings (SSSR count). The van der Waals surface area contributed by atoms with E-state index in [-0.39, 0.29) is 5.92 Å². The highest BCUT2D eigenvalue weighted by Crippen LogP contribution is 2.34. The first kappa shape index (κ1) is 11.8. The van der Waals surface area contributed by atoms with Crippen molar-refractivity contribution in [3.63, 3.8) is 0 Å². The van der Waals surface area contributed by atoms with Crippen molar-refractivity contribution >= 4 is 27.5 Å². The van der Waals surface area contributed by atoms with Crippen molar-refractivity contribution in [2.75, 3.05) is 12.5 Å². The number of alkyl halides is 1. The SMILES string of the molecule is N#CC(CCl)Cc1cc(Br)cc2c1OCC2. The molecule has 0 amide bonds. The maximum Gasteiger partial charge on any atom is 0.125 e. The third-order valence-electron chi connectivity index (χ3n) is 2.66. The van der Waals surface area contributed by atoms with E-state index in [1.54, 1.807) is 0 Å². The van der Waals surface area contributed by atoms with Crippen molar-refractivity contribution in [1.82, 2.24) is 0 Å². The monoisotopic (exact) mass is 299 g/mol. The minimum Gasteiger partial charge on any atom is -0.493 e. The first-order chi connectivity index (χ1) is 7.74. The summed E-state index contributed by atoms with van der Waals surface area (Å²) in [7, 11) is 0. The molecule has 0 spiro atoms. The Kier molecular flexibility index (Phi) is 3.73. The lowest BCUT2D eigenvalue weighted by atomic mass is 9.99. The Morgan fingerprint density at radius 3 is 3.06 bits per heavy atom. The molecule has 1 atom stereocenters. The fourth-order valence-corrected chi connectivity index (χ4v) is 2.63. The van der Waals surface area contributed by atoms with Gasteiger partial charge in [-0.15, -0.1) is 11.6 Å². The quantitative estimate of drug-likeness (QED) is 0.802. The Morgan fingerprint density at radius 2 is 2.38 bits per heavy atom. The molecule has 1 heterocycles. The van der Waals surface area contributed by atoms with E-state index in [4.69, 9.17) is 21.6 Å². The van der Waals surface area contributed by atoms with Crippen molar-refractivity contribution < 1.29 is 4.74 Å². The summed E-state index contributed by atoms with van der Waals surface area (Å²) in [4.78, 5) is 0. The zero-order valence-electron chi connectivity index (χ0n) is 8.67. The van der Waals surface area contributed by atoms with Crippen LogP contribution >= 0.6 is 27.5 Å².